The van der Waals surface area contributed by atoms with E-state index < -0.39 is 0 Å². The lowest BCUT2D eigenvalue weighted by Gasteiger charge is -2.41. The molecule has 4 heteroatoms. The predicted octanol–water partition coefficient (Wildman–Crippen LogP) is 2.47. The van der Waals surface area contributed by atoms with Crippen molar-refractivity contribution >= 4 is 11.8 Å². The van der Waals surface area contributed by atoms with E-state index in [2.05, 4.69) is 35.8 Å². The molecule has 0 aromatic carbocycles. The van der Waals surface area contributed by atoms with E-state index in [0.29, 0.717) is 5.41 Å². The summed E-state index contributed by atoms with van der Waals surface area (Å²) in [4.78, 5) is 2.71. The molecule has 0 atom stereocenters. The highest BCUT2D eigenvalue weighted by Crippen LogP contribution is 2.31. The minimum atomic E-state index is 0.447. The number of rotatable bonds is 6. The average molecular weight is 301 g/mol. The van der Waals surface area contributed by atoms with Gasteiger partial charge in [0, 0.05) is 38.6 Å². The molecule has 2 aliphatic heterocycles. The van der Waals surface area contributed by atoms with Crippen LogP contribution < -0.4 is 5.32 Å². The van der Waals surface area contributed by atoms with Crippen LogP contribution in [0.3, 0.4) is 0 Å². The summed E-state index contributed by atoms with van der Waals surface area (Å²) in [5.74, 6) is 3.39. The Balaban J connectivity index is 1.87. The normalized spacial score (nSPS) is 24.8. The van der Waals surface area contributed by atoms with Gasteiger partial charge in [0.05, 0.1) is 0 Å². The van der Waals surface area contributed by atoms with Gasteiger partial charge in [0.25, 0.3) is 0 Å². The van der Waals surface area contributed by atoms with Crippen molar-refractivity contribution in [3.63, 3.8) is 0 Å². The quantitative estimate of drug-likeness (QED) is 0.814. The summed E-state index contributed by atoms with van der Waals surface area (Å²) in [7, 11) is 0. The molecule has 0 radical (unpaired) electrons. The first kappa shape index (κ1) is 16.6. The predicted molar refractivity (Wildman–Crippen MR) is 88.6 cm³/mol. The van der Waals surface area contributed by atoms with Gasteiger partial charge in [-0.1, -0.05) is 13.8 Å². The third-order valence-corrected chi connectivity index (χ3v) is 5.53. The van der Waals surface area contributed by atoms with Crippen molar-refractivity contribution in [2.75, 3.05) is 57.4 Å². The molecule has 2 rings (SSSR count). The van der Waals surface area contributed by atoms with E-state index in [9.17, 15) is 0 Å². The SMILES string of the molecule is CC(C)CNCC1(CN2CCCSCC2)CCOCC1. The fourth-order valence-corrected chi connectivity index (χ4v) is 4.18. The van der Waals surface area contributed by atoms with Gasteiger partial charge in [0.15, 0.2) is 0 Å². The number of hydrogen-bond donors (Lipinski definition) is 1. The molecule has 0 aromatic rings. The molecule has 0 amide bonds. The van der Waals surface area contributed by atoms with Crippen LogP contribution in [0.25, 0.3) is 0 Å². The van der Waals surface area contributed by atoms with Crippen LogP contribution in [-0.4, -0.2) is 62.3 Å². The Morgan fingerprint density at radius 1 is 1.20 bits per heavy atom. The van der Waals surface area contributed by atoms with E-state index in [-0.39, 0.29) is 0 Å². The van der Waals surface area contributed by atoms with E-state index >= 15 is 0 Å². The van der Waals surface area contributed by atoms with Gasteiger partial charge in [-0.3, -0.25) is 0 Å². The lowest BCUT2D eigenvalue weighted by Crippen LogP contribution is -2.48. The highest BCUT2D eigenvalue weighted by Gasteiger charge is 2.34. The fraction of sp³-hybridized carbons (Fsp3) is 1.00. The molecule has 2 aliphatic rings. The Bertz CT molecular complexity index is 259. The molecule has 1 N–H and O–H groups in total. The molecule has 20 heavy (non-hydrogen) atoms. The molecular weight excluding hydrogens is 268 g/mol. The zero-order chi connectivity index (χ0) is 14.3. The second-order valence-corrected chi connectivity index (χ2v) is 8.10. The maximum absolute atomic E-state index is 5.62. The van der Waals surface area contributed by atoms with E-state index in [1.807, 2.05) is 0 Å². The Hall–Kier alpha value is 0.230. The Kier molecular flexibility index (Phi) is 7.15. The van der Waals surface area contributed by atoms with E-state index in [1.165, 1.54) is 50.4 Å². The average Bonchev–Trinajstić information content (AvgIpc) is 2.68. The standard InChI is InChI=1S/C16H32N2OS/c1-15(2)12-17-13-16(4-8-19-9-5-16)14-18-6-3-10-20-11-7-18/h15,17H,3-14H2,1-2H3. The van der Waals surface area contributed by atoms with Crippen LogP contribution >= 0.6 is 11.8 Å². The molecule has 0 spiro atoms. The van der Waals surface area contributed by atoms with Crippen molar-refractivity contribution in [1.29, 1.82) is 0 Å². The second kappa shape index (κ2) is 8.62. The van der Waals surface area contributed by atoms with Gasteiger partial charge in [-0.15, -0.1) is 0 Å². The van der Waals surface area contributed by atoms with Gasteiger partial charge >= 0.3 is 0 Å². The van der Waals surface area contributed by atoms with Crippen LogP contribution in [0.4, 0.5) is 0 Å². The summed E-state index contributed by atoms with van der Waals surface area (Å²) in [6, 6.07) is 0. The Labute approximate surface area is 129 Å². The first-order valence-electron chi connectivity index (χ1n) is 8.29. The zero-order valence-corrected chi connectivity index (χ0v) is 14.1. The lowest BCUT2D eigenvalue weighted by atomic mass is 9.79. The van der Waals surface area contributed by atoms with Crippen LogP contribution in [0.1, 0.15) is 33.1 Å². The van der Waals surface area contributed by atoms with E-state index in [1.54, 1.807) is 0 Å². The second-order valence-electron chi connectivity index (χ2n) is 6.88. The highest BCUT2D eigenvalue weighted by molar-refractivity contribution is 7.99. The highest BCUT2D eigenvalue weighted by atomic mass is 32.2. The number of hydrogen-bond acceptors (Lipinski definition) is 4. The summed E-state index contributed by atoms with van der Waals surface area (Å²) in [5.41, 5.74) is 0.447. The van der Waals surface area contributed by atoms with Gasteiger partial charge < -0.3 is 15.0 Å². The summed E-state index contributed by atoms with van der Waals surface area (Å²) in [6.45, 7) is 12.6. The van der Waals surface area contributed by atoms with Crippen molar-refractivity contribution in [1.82, 2.24) is 10.2 Å². The molecule has 0 bridgehead atoms. The monoisotopic (exact) mass is 300 g/mol. The third kappa shape index (κ3) is 5.55. The maximum Gasteiger partial charge on any atom is 0.0472 e. The third-order valence-electron chi connectivity index (χ3n) is 4.48. The van der Waals surface area contributed by atoms with Crippen molar-refractivity contribution in [3.8, 4) is 0 Å². The smallest absolute Gasteiger partial charge is 0.0472 e. The summed E-state index contributed by atoms with van der Waals surface area (Å²) < 4.78 is 5.62. The van der Waals surface area contributed by atoms with Crippen LogP contribution in [0.15, 0.2) is 0 Å². The van der Waals surface area contributed by atoms with Crippen molar-refractivity contribution in [3.05, 3.63) is 0 Å². The van der Waals surface area contributed by atoms with Crippen molar-refractivity contribution in [2.45, 2.75) is 33.1 Å². The molecule has 0 unspecified atom stereocenters. The minimum absolute atomic E-state index is 0.447. The lowest BCUT2D eigenvalue weighted by molar-refractivity contribution is -0.00347. The molecule has 3 nitrogen and oxygen atoms in total. The van der Waals surface area contributed by atoms with Gasteiger partial charge in [-0.2, -0.15) is 11.8 Å². The molecule has 2 saturated heterocycles. The molecule has 0 aromatic heterocycles. The molecule has 2 heterocycles. The van der Waals surface area contributed by atoms with Gasteiger partial charge in [-0.05, 0) is 49.4 Å². The molecule has 2 fully saturated rings. The maximum atomic E-state index is 5.62. The minimum Gasteiger partial charge on any atom is -0.381 e. The Morgan fingerprint density at radius 2 is 2.00 bits per heavy atom. The summed E-state index contributed by atoms with van der Waals surface area (Å²) >= 11 is 2.12. The van der Waals surface area contributed by atoms with Crippen molar-refractivity contribution in [2.24, 2.45) is 11.3 Å². The van der Waals surface area contributed by atoms with Crippen molar-refractivity contribution < 1.29 is 4.74 Å². The fourth-order valence-electron chi connectivity index (χ4n) is 3.25. The van der Waals surface area contributed by atoms with Gasteiger partial charge in [0.1, 0.15) is 0 Å². The van der Waals surface area contributed by atoms with Crippen LogP contribution in [0.5, 0.6) is 0 Å². The molecule has 118 valence electrons. The van der Waals surface area contributed by atoms with Gasteiger partial charge in [0.2, 0.25) is 0 Å². The molecule has 0 saturated carbocycles. The number of thioether (sulfide) groups is 1. The number of nitrogens with one attached hydrogen (secondary N) is 1. The first-order valence-corrected chi connectivity index (χ1v) is 9.44. The van der Waals surface area contributed by atoms with Crippen LogP contribution in [-0.2, 0) is 4.74 Å². The summed E-state index contributed by atoms with van der Waals surface area (Å²) in [5, 5.41) is 3.71. The van der Waals surface area contributed by atoms with E-state index in [0.717, 1.165) is 32.2 Å². The summed E-state index contributed by atoms with van der Waals surface area (Å²) in [6.07, 6.45) is 3.81. The topological polar surface area (TPSA) is 24.5 Å². The number of ether oxygens (including phenoxy) is 1. The molecular formula is C16H32N2OS. The Morgan fingerprint density at radius 3 is 2.75 bits per heavy atom. The van der Waals surface area contributed by atoms with E-state index in [4.69, 9.17) is 4.74 Å². The van der Waals surface area contributed by atoms with Crippen LogP contribution in [0, 0.1) is 11.3 Å². The number of nitrogens with zero attached hydrogens (tertiary/aromatic N) is 1. The van der Waals surface area contributed by atoms with Crippen LogP contribution in [0.2, 0.25) is 0 Å². The van der Waals surface area contributed by atoms with Gasteiger partial charge in [-0.25, -0.2) is 0 Å². The zero-order valence-electron chi connectivity index (χ0n) is 13.3. The molecule has 0 aliphatic carbocycles. The largest absolute Gasteiger partial charge is 0.381 e. The first-order chi connectivity index (χ1) is 9.70.